The molecule has 0 spiro atoms. The van der Waals surface area contributed by atoms with Crippen molar-refractivity contribution >= 4 is 16.0 Å². The van der Waals surface area contributed by atoms with Gasteiger partial charge in [-0.3, -0.25) is 4.90 Å². The number of benzene rings is 1. The number of carboxylic acids is 1. The highest BCUT2D eigenvalue weighted by atomic mass is 32.2. The molecule has 2 saturated heterocycles. The van der Waals surface area contributed by atoms with Crippen LogP contribution in [-0.4, -0.2) is 62.8 Å². The van der Waals surface area contributed by atoms with Crippen molar-refractivity contribution in [3.63, 3.8) is 0 Å². The van der Waals surface area contributed by atoms with E-state index in [1.165, 1.54) is 12.1 Å². The highest BCUT2D eigenvalue weighted by Crippen LogP contribution is 2.26. The highest BCUT2D eigenvalue weighted by Gasteiger charge is 2.33. The Bertz CT molecular complexity index is 737. The molecule has 0 radical (unpaired) electrons. The Balaban J connectivity index is 1.65. The number of morpholine rings is 1. The van der Waals surface area contributed by atoms with Gasteiger partial charge in [-0.2, -0.15) is 0 Å². The maximum absolute atomic E-state index is 12.6. The van der Waals surface area contributed by atoms with Crippen molar-refractivity contribution in [3.05, 3.63) is 29.3 Å². The summed E-state index contributed by atoms with van der Waals surface area (Å²) in [4.78, 5) is 13.4. The molecule has 3 rings (SSSR count). The molecule has 2 unspecified atom stereocenters. The standard InChI is InChI=1S/C17H24N2O5S/c1-2-12-3-4-13(17(20)21)9-16(12)25(22,23)18-7-8-19-10-14-5-6-15(11-19)24-14/h3-4,9,14-15,18H,2,5-8,10-11H2,1H3,(H,20,21). The molecule has 0 aromatic heterocycles. The van der Waals surface area contributed by atoms with Crippen LogP contribution in [0.25, 0.3) is 0 Å². The summed E-state index contributed by atoms with van der Waals surface area (Å²) in [6.45, 7) is 4.44. The summed E-state index contributed by atoms with van der Waals surface area (Å²) >= 11 is 0. The zero-order valence-corrected chi connectivity index (χ0v) is 15.1. The molecule has 0 amide bonds. The Hall–Kier alpha value is -1.48. The summed E-state index contributed by atoms with van der Waals surface area (Å²) in [5, 5.41) is 9.11. The van der Waals surface area contributed by atoms with Gasteiger partial charge in [0.2, 0.25) is 10.0 Å². The van der Waals surface area contributed by atoms with Crippen LogP contribution in [0.5, 0.6) is 0 Å². The van der Waals surface area contributed by atoms with E-state index in [9.17, 15) is 13.2 Å². The number of aryl methyl sites for hydroxylation is 1. The van der Waals surface area contributed by atoms with E-state index in [-0.39, 0.29) is 22.7 Å². The number of likely N-dealkylation sites (tertiary alicyclic amines) is 1. The Morgan fingerprint density at radius 1 is 1.32 bits per heavy atom. The molecule has 0 saturated carbocycles. The topological polar surface area (TPSA) is 95.9 Å². The van der Waals surface area contributed by atoms with Gasteiger partial charge in [0.05, 0.1) is 22.7 Å². The molecule has 2 bridgehead atoms. The third kappa shape index (κ3) is 4.20. The molecule has 2 aliphatic heterocycles. The third-order valence-electron chi connectivity index (χ3n) is 4.82. The summed E-state index contributed by atoms with van der Waals surface area (Å²) in [5.74, 6) is -1.14. The molecule has 1 aromatic carbocycles. The van der Waals surface area contributed by atoms with Gasteiger partial charge in [-0.15, -0.1) is 0 Å². The molecule has 2 atom stereocenters. The lowest BCUT2D eigenvalue weighted by Gasteiger charge is -2.31. The van der Waals surface area contributed by atoms with Crippen LogP contribution in [0.3, 0.4) is 0 Å². The quantitative estimate of drug-likeness (QED) is 0.748. The molecule has 2 N–H and O–H groups in total. The van der Waals surface area contributed by atoms with Crippen molar-refractivity contribution < 1.29 is 23.1 Å². The van der Waals surface area contributed by atoms with Gasteiger partial charge >= 0.3 is 5.97 Å². The molecular formula is C17H24N2O5S. The zero-order chi connectivity index (χ0) is 18.0. The van der Waals surface area contributed by atoms with Crippen LogP contribution in [-0.2, 0) is 21.2 Å². The number of sulfonamides is 1. The van der Waals surface area contributed by atoms with Crippen molar-refractivity contribution in [2.45, 2.75) is 43.3 Å². The average molecular weight is 368 g/mol. The molecule has 25 heavy (non-hydrogen) atoms. The van der Waals surface area contributed by atoms with Crippen molar-refractivity contribution in [1.82, 2.24) is 9.62 Å². The molecule has 2 aliphatic rings. The second-order valence-electron chi connectivity index (χ2n) is 6.60. The van der Waals surface area contributed by atoms with Gasteiger partial charge < -0.3 is 9.84 Å². The number of nitrogens with one attached hydrogen (secondary N) is 1. The summed E-state index contributed by atoms with van der Waals surface area (Å²) in [5.41, 5.74) is 0.587. The first kappa shape index (κ1) is 18.3. The summed E-state index contributed by atoms with van der Waals surface area (Å²) in [7, 11) is -3.74. The largest absolute Gasteiger partial charge is 0.478 e. The SMILES string of the molecule is CCc1ccc(C(=O)O)cc1S(=O)(=O)NCCN1CC2CCC(C1)O2. The third-order valence-corrected chi connectivity index (χ3v) is 6.37. The maximum atomic E-state index is 12.6. The molecule has 0 aliphatic carbocycles. The van der Waals surface area contributed by atoms with Crippen LogP contribution >= 0.6 is 0 Å². The molecule has 2 heterocycles. The second-order valence-corrected chi connectivity index (χ2v) is 8.33. The molecule has 2 fully saturated rings. The minimum Gasteiger partial charge on any atom is -0.478 e. The number of nitrogens with zero attached hydrogens (tertiary/aromatic N) is 1. The summed E-state index contributed by atoms with van der Waals surface area (Å²) in [6, 6.07) is 4.24. The van der Waals surface area contributed by atoms with Crippen molar-refractivity contribution in [2.24, 2.45) is 0 Å². The summed E-state index contributed by atoms with van der Waals surface area (Å²) in [6.07, 6.45) is 3.22. The highest BCUT2D eigenvalue weighted by molar-refractivity contribution is 7.89. The first-order valence-electron chi connectivity index (χ1n) is 8.62. The fraction of sp³-hybridized carbons (Fsp3) is 0.588. The average Bonchev–Trinajstić information content (AvgIpc) is 2.92. The smallest absolute Gasteiger partial charge is 0.335 e. The van der Waals surface area contributed by atoms with Crippen molar-refractivity contribution in [2.75, 3.05) is 26.2 Å². The van der Waals surface area contributed by atoms with Crippen molar-refractivity contribution in [3.8, 4) is 0 Å². The number of carboxylic acid groups (broad SMARTS) is 1. The number of fused-ring (bicyclic) bond motifs is 2. The van der Waals surface area contributed by atoms with Crippen molar-refractivity contribution in [1.29, 1.82) is 0 Å². The fourth-order valence-electron chi connectivity index (χ4n) is 3.53. The molecule has 138 valence electrons. The van der Waals surface area contributed by atoms with E-state index in [1.54, 1.807) is 6.07 Å². The van der Waals surface area contributed by atoms with Gasteiger partial charge in [-0.05, 0) is 37.0 Å². The minimum atomic E-state index is -3.74. The van der Waals surface area contributed by atoms with Crippen LogP contribution < -0.4 is 4.72 Å². The number of rotatable bonds is 7. The van der Waals surface area contributed by atoms with Crippen LogP contribution in [0.1, 0.15) is 35.7 Å². The predicted molar refractivity (Wildman–Crippen MR) is 92.3 cm³/mol. The lowest BCUT2D eigenvalue weighted by atomic mass is 10.1. The van der Waals surface area contributed by atoms with Gasteiger partial charge in [0.25, 0.3) is 0 Å². The van der Waals surface area contributed by atoms with Gasteiger partial charge in [0.15, 0.2) is 0 Å². The number of aromatic carboxylic acids is 1. The van der Waals surface area contributed by atoms with Crippen LogP contribution in [0.15, 0.2) is 23.1 Å². The molecule has 8 heteroatoms. The lowest BCUT2D eigenvalue weighted by Crippen LogP contribution is -2.45. The summed E-state index contributed by atoms with van der Waals surface area (Å²) < 4.78 is 33.6. The lowest BCUT2D eigenvalue weighted by molar-refractivity contribution is -0.0373. The Labute approximate surface area is 148 Å². The van der Waals surface area contributed by atoms with Crippen LogP contribution in [0.4, 0.5) is 0 Å². The van der Waals surface area contributed by atoms with E-state index in [1.807, 2.05) is 6.92 Å². The minimum absolute atomic E-state index is 0.0256. The van der Waals surface area contributed by atoms with Gasteiger partial charge in [0.1, 0.15) is 0 Å². The van der Waals surface area contributed by atoms with E-state index in [2.05, 4.69) is 9.62 Å². The van der Waals surface area contributed by atoms with Crippen LogP contribution in [0, 0.1) is 0 Å². The van der Waals surface area contributed by atoms with Gasteiger partial charge in [-0.25, -0.2) is 17.9 Å². The first-order valence-corrected chi connectivity index (χ1v) is 10.1. The molecule has 7 nitrogen and oxygen atoms in total. The zero-order valence-electron chi connectivity index (χ0n) is 14.3. The maximum Gasteiger partial charge on any atom is 0.335 e. The van der Waals surface area contributed by atoms with E-state index in [4.69, 9.17) is 9.84 Å². The Morgan fingerprint density at radius 3 is 2.60 bits per heavy atom. The fourth-order valence-corrected chi connectivity index (χ4v) is 4.88. The second kappa shape index (κ2) is 7.41. The van der Waals surface area contributed by atoms with E-state index < -0.39 is 16.0 Å². The Kier molecular flexibility index (Phi) is 5.43. The first-order chi connectivity index (χ1) is 11.9. The van der Waals surface area contributed by atoms with E-state index in [0.29, 0.717) is 25.1 Å². The van der Waals surface area contributed by atoms with E-state index in [0.717, 1.165) is 25.9 Å². The predicted octanol–water partition coefficient (Wildman–Crippen LogP) is 1.09. The number of hydrogen-bond acceptors (Lipinski definition) is 5. The van der Waals surface area contributed by atoms with Gasteiger partial charge in [0, 0.05) is 26.2 Å². The Morgan fingerprint density at radius 2 is 2.00 bits per heavy atom. The normalized spacial score (nSPS) is 23.7. The number of hydrogen-bond donors (Lipinski definition) is 2. The molecular weight excluding hydrogens is 344 g/mol. The monoisotopic (exact) mass is 368 g/mol. The van der Waals surface area contributed by atoms with Crippen LogP contribution in [0.2, 0.25) is 0 Å². The number of carbonyl (C=O) groups is 1. The number of ether oxygens (including phenoxy) is 1. The molecule has 1 aromatic rings. The van der Waals surface area contributed by atoms with E-state index >= 15 is 0 Å². The van der Waals surface area contributed by atoms with Gasteiger partial charge in [-0.1, -0.05) is 13.0 Å².